The van der Waals surface area contributed by atoms with Crippen molar-refractivity contribution in [3.05, 3.63) is 65.6 Å². The lowest BCUT2D eigenvalue weighted by Gasteiger charge is -2.36. The minimum atomic E-state index is 0.693. The first kappa shape index (κ1) is 17.9. The highest BCUT2D eigenvalue weighted by atomic mass is 35.5. The van der Waals surface area contributed by atoms with E-state index in [4.69, 9.17) is 20.8 Å². The number of aromatic nitrogens is 1. The second-order valence-corrected chi connectivity index (χ2v) is 7.00. The van der Waals surface area contributed by atoms with Gasteiger partial charge in [0.2, 0.25) is 5.89 Å². The summed E-state index contributed by atoms with van der Waals surface area (Å²) in [6.07, 6.45) is 1.77. The number of ether oxygens (including phenoxy) is 1. The SMILES string of the molecule is COc1ccccc1N1CCN(Cc2ncc(-c3cccc(Cl)c3)o2)CC1. The van der Waals surface area contributed by atoms with Gasteiger partial charge < -0.3 is 14.1 Å². The van der Waals surface area contributed by atoms with Gasteiger partial charge in [-0.25, -0.2) is 4.98 Å². The summed E-state index contributed by atoms with van der Waals surface area (Å²) in [4.78, 5) is 9.16. The highest BCUT2D eigenvalue weighted by Crippen LogP contribution is 2.29. The van der Waals surface area contributed by atoms with Gasteiger partial charge in [-0.15, -0.1) is 0 Å². The Morgan fingerprint density at radius 2 is 1.89 bits per heavy atom. The standard InChI is InChI=1S/C21H22ClN3O2/c1-26-19-8-3-2-7-18(19)25-11-9-24(10-12-25)15-21-23-14-20(27-21)16-5-4-6-17(22)13-16/h2-8,13-14H,9-12,15H2,1H3. The number of benzene rings is 2. The van der Waals surface area contributed by atoms with Crippen LogP contribution in [-0.4, -0.2) is 43.2 Å². The van der Waals surface area contributed by atoms with Crippen LogP contribution in [-0.2, 0) is 6.54 Å². The van der Waals surface area contributed by atoms with Gasteiger partial charge in [0, 0.05) is 36.8 Å². The second-order valence-electron chi connectivity index (χ2n) is 6.56. The topological polar surface area (TPSA) is 41.7 Å². The van der Waals surface area contributed by atoms with Crippen LogP contribution in [0.5, 0.6) is 5.75 Å². The Morgan fingerprint density at radius 3 is 2.67 bits per heavy atom. The molecule has 5 nitrogen and oxygen atoms in total. The summed E-state index contributed by atoms with van der Waals surface area (Å²) in [5.74, 6) is 2.40. The van der Waals surface area contributed by atoms with Crippen LogP contribution in [0.2, 0.25) is 5.02 Å². The number of halogens is 1. The molecule has 140 valence electrons. The van der Waals surface area contributed by atoms with Gasteiger partial charge in [-0.05, 0) is 24.3 Å². The summed E-state index contributed by atoms with van der Waals surface area (Å²) in [5, 5.41) is 0.693. The van der Waals surface area contributed by atoms with E-state index in [-0.39, 0.29) is 0 Å². The smallest absolute Gasteiger partial charge is 0.209 e. The van der Waals surface area contributed by atoms with Crippen molar-refractivity contribution in [2.75, 3.05) is 38.2 Å². The molecule has 1 aliphatic heterocycles. The van der Waals surface area contributed by atoms with Crippen LogP contribution >= 0.6 is 11.6 Å². The van der Waals surface area contributed by atoms with Crippen molar-refractivity contribution < 1.29 is 9.15 Å². The summed E-state index contributed by atoms with van der Waals surface area (Å²) in [6.45, 7) is 4.50. The fraction of sp³-hybridized carbons (Fsp3) is 0.286. The monoisotopic (exact) mass is 383 g/mol. The molecule has 0 N–H and O–H groups in total. The highest BCUT2D eigenvalue weighted by molar-refractivity contribution is 6.30. The number of para-hydroxylation sites is 2. The maximum absolute atomic E-state index is 6.06. The molecule has 0 spiro atoms. The van der Waals surface area contributed by atoms with Gasteiger partial charge in [0.1, 0.15) is 5.75 Å². The van der Waals surface area contributed by atoms with E-state index in [0.717, 1.165) is 54.8 Å². The van der Waals surface area contributed by atoms with Crippen LogP contribution in [0.1, 0.15) is 5.89 Å². The average Bonchev–Trinajstić information content (AvgIpc) is 3.17. The van der Waals surface area contributed by atoms with Crippen molar-refractivity contribution in [2.45, 2.75) is 6.54 Å². The zero-order chi connectivity index (χ0) is 18.6. The summed E-state index contributed by atoms with van der Waals surface area (Å²) in [6, 6.07) is 15.8. The normalized spacial score (nSPS) is 15.1. The van der Waals surface area contributed by atoms with Crippen LogP contribution in [0, 0.1) is 0 Å². The molecule has 3 aromatic rings. The fourth-order valence-electron chi connectivity index (χ4n) is 3.39. The minimum absolute atomic E-state index is 0.693. The van der Waals surface area contributed by atoms with E-state index < -0.39 is 0 Å². The molecule has 1 fully saturated rings. The van der Waals surface area contributed by atoms with Crippen LogP contribution in [0.25, 0.3) is 11.3 Å². The molecule has 1 aliphatic rings. The lowest BCUT2D eigenvalue weighted by molar-refractivity contribution is 0.226. The van der Waals surface area contributed by atoms with E-state index in [1.807, 2.05) is 42.5 Å². The molecule has 27 heavy (non-hydrogen) atoms. The number of methoxy groups -OCH3 is 1. The third-order valence-corrected chi connectivity index (χ3v) is 5.05. The van der Waals surface area contributed by atoms with Gasteiger partial charge in [-0.3, -0.25) is 4.90 Å². The second kappa shape index (κ2) is 8.03. The number of anilines is 1. The molecule has 0 bridgehead atoms. The molecule has 0 unspecified atom stereocenters. The first-order valence-corrected chi connectivity index (χ1v) is 9.42. The Balaban J connectivity index is 1.37. The summed E-state index contributed by atoms with van der Waals surface area (Å²) < 4.78 is 11.4. The van der Waals surface area contributed by atoms with E-state index in [2.05, 4.69) is 20.9 Å². The molecule has 0 radical (unpaired) electrons. The lowest BCUT2D eigenvalue weighted by Crippen LogP contribution is -2.46. The van der Waals surface area contributed by atoms with E-state index in [1.165, 1.54) is 0 Å². The first-order valence-electron chi connectivity index (χ1n) is 9.04. The van der Waals surface area contributed by atoms with Gasteiger partial charge in [0.15, 0.2) is 5.76 Å². The molecule has 0 atom stereocenters. The van der Waals surface area contributed by atoms with Gasteiger partial charge in [-0.1, -0.05) is 35.9 Å². The highest BCUT2D eigenvalue weighted by Gasteiger charge is 2.21. The molecule has 0 saturated carbocycles. The Labute approximate surface area is 164 Å². The molecule has 0 amide bonds. The van der Waals surface area contributed by atoms with Crippen molar-refractivity contribution in [2.24, 2.45) is 0 Å². The largest absolute Gasteiger partial charge is 0.495 e. The average molecular weight is 384 g/mol. The number of nitrogens with zero attached hydrogens (tertiary/aromatic N) is 3. The Hall–Kier alpha value is -2.50. The van der Waals surface area contributed by atoms with E-state index in [1.54, 1.807) is 13.3 Å². The molecular formula is C21H22ClN3O2. The zero-order valence-corrected chi connectivity index (χ0v) is 16.0. The Bertz CT molecular complexity index is 904. The third-order valence-electron chi connectivity index (χ3n) is 4.82. The number of oxazole rings is 1. The van der Waals surface area contributed by atoms with E-state index >= 15 is 0 Å². The molecule has 2 aromatic carbocycles. The molecule has 1 aromatic heterocycles. The summed E-state index contributed by atoms with van der Waals surface area (Å²) >= 11 is 6.06. The Kier molecular flexibility index (Phi) is 5.32. The minimum Gasteiger partial charge on any atom is -0.495 e. The number of hydrogen-bond acceptors (Lipinski definition) is 5. The number of hydrogen-bond donors (Lipinski definition) is 0. The fourth-order valence-corrected chi connectivity index (χ4v) is 3.58. The summed E-state index contributed by atoms with van der Waals surface area (Å²) in [7, 11) is 1.72. The first-order chi connectivity index (χ1) is 13.2. The van der Waals surface area contributed by atoms with Crippen LogP contribution in [0.4, 0.5) is 5.69 Å². The van der Waals surface area contributed by atoms with Crippen molar-refractivity contribution >= 4 is 17.3 Å². The molecule has 4 rings (SSSR count). The quantitative estimate of drug-likeness (QED) is 0.656. The number of rotatable bonds is 5. The van der Waals surface area contributed by atoms with Crippen molar-refractivity contribution in [1.82, 2.24) is 9.88 Å². The molecular weight excluding hydrogens is 362 g/mol. The van der Waals surface area contributed by atoms with E-state index in [0.29, 0.717) is 11.6 Å². The van der Waals surface area contributed by atoms with Crippen molar-refractivity contribution in [3.8, 4) is 17.1 Å². The van der Waals surface area contributed by atoms with Crippen molar-refractivity contribution in [1.29, 1.82) is 0 Å². The molecule has 0 aliphatic carbocycles. The maximum atomic E-state index is 6.06. The van der Waals surface area contributed by atoms with Crippen molar-refractivity contribution in [3.63, 3.8) is 0 Å². The van der Waals surface area contributed by atoms with Gasteiger partial charge in [0.25, 0.3) is 0 Å². The van der Waals surface area contributed by atoms with Gasteiger partial charge in [-0.2, -0.15) is 0 Å². The van der Waals surface area contributed by atoms with Crippen LogP contribution < -0.4 is 9.64 Å². The summed E-state index contributed by atoms with van der Waals surface area (Å²) in [5.41, 5.74) is 2.10. The zero-order valence-electron chi connectivity index (χ0n) is 15.3. The van der Waals surface area contributed by atoms with Gasteiger partial charge >= 0.3 is 0 Å². The molecule has 1 saturated heterocycles. The van der Waals surface area contributed by atoms with Crippen LogP contribution in [0.3, 0.4) is 0 Å². The van der Waals surface area contributed by atoms with E-state index in [9.17, 15) is 0 Å². The maximum Gasteiger partial charge on any atom is 0.209 e. The third kappa shape index (κ3) is 4.10. The predicted molar refractivity (Wildman–Crippen MR) is 107 cm³/mol. The molecule has 2 heterocycles. The number of piperazine rings is 1. The van der Waals surface area contributed by atoms with Crippen LogP contribution in [0.15, 0.2) is 59.1 Å². The van der Waals surface area contributed by atoms with Gasteiger partial charge in [0.05, 0.1) is 25.5 Å². The lowest BCUT2D eigenvalue weighted by atomic mass is 10.2. The Morgan fingerprint density at radius 1 is 1.07 bits per heavy atom. The predicted octanol–water partition coefficient (Wildman–Crippen LogP) is 4.33. The molecule has 6 heteroatoms.